The largest absolute Gasteiger partial charge is 0.357 e. The van der Waals surface area contributed by atoms with Gasteiger partial charge in [-0.1, -0.05) is 0 Å². The Morgan fingerprint density at radius 3 is 3.00 bits per heavy atom. The zero-order valence-corrected chi connectivity index (χ0v) is 17.6. The monoisotopic (exact) mass is 451 g/mol. The molecule has 132 valence electrons. The van der Waals surface area contributed by atoms with E-state index in [1.165, 1.54) is 17.7 Å². The van der Waals surface area contributed by atoms with Crippen molar-refractivity contribution in [3.05, 3.63) is 18.0 Å². The van der Waals surface area contributed by atoms with Crippen LogP contribution in [0.3, 0.4) is 0 Å². The van der Waals surface area contributed by atoms with E-state index < -0.39 is 0 Å². The number of nitrogens with zero attached hydrogens (tertiary/aromatic N) is 4. The number of thioether (sulfide) groups is 1. The highest BCUT2D eigenvalue weighted by Crippen LogP contribution is 2.20. The molecule has 1 atom stereocenters. The molecule has 1 N–H and O–H groups in total. The highest BCUT2D eigenvalue weighted by Gasteiger charge is 2.25. The summed E-state index contributed by atoms with van der Waals surface area (Å²) in [5.74, 6) is 2.99. The van der Waals surface area contributed by atoms with Crippen LogP contribution in [0, 0.1) is 5.92 Å². The molecule has 1 aromatic rings. The van der Waals surface area contributed by atoms with E-state index in [9.17, 15) is 0 Å². The Hall–Kier alpha value is -0.440. The molecule has 1 aliphatic rings. The van der Waals surface area contributed by atoms with Crippen LogP contribution in [0.5, 0.6) is 0 Å². The molecular formula is C16H30IN5S. The molecule has 0 radical (unpaired) electrons. The number of guanidine groups is 1. The highest BCUT2D eigenvalue weighted by atomic mass is 127. The number of aromatic nitrogens is 2. The average molecular weight is 451 g/mol. The van der Waals surface area contributed by atoms with Gasteiger partial charge in [-0.3, -0.25) is 9.67 Å². The number of aliphatic imine (C=N–C) groups is 1. The molecule has 0 aliphatic carbocycles. The van der Waals surface area contributed by atoms with Crippen LogP contribution in [0.2, 0.25) is 0 Å². The van der Waals surface area contributed by atoms with Gasteiger partial charge in [0, 0.05) is 39.4 Å². The maximum Gasteiger partial charge on any atom is 0.193 e. The van der Waals surface area contributed by atoms with Crippen LogP contribution in [0.4, 0.5) is 0 Å². The molecule has 23 heavy (non-hydrogen) atoms. The second-order valence-electron chi connectivity index (χ2n) is 5.91. The summed E-state index contributed by atoms with van der Waals surface area (Å²) in [7, 11) is 1.98. The quantitative estimate of drug-likeness (QED) is 0.300. The first kappa shape index (κ1) is 20.6. The minimum absolute atomic E-state index is 0. The lowest BCUT2D eigenvalue weighted by Gasteiger charge is -2.21. The van der Waals surface area contributed by atoms with E-state index >= 15 is 0 Å². The topological polar surface area (TPSA) is 45.5 Å². The number of hydrogen-bond acceptors (Lipinski definition) is 3. The number of likely N-dealkylation sites (tertiary alicyclic amines) is 1. The molecule has 0 amide bonds. The summed E-state index contributed by atoms with van der Waals surface area (Å²) in [6, 6.07) is 0. The van der Waals surface area contributed by atoms with Crippen LogP contribution in [0.15, 0.2) is 17.4 Å². The normalized spacial score (nSPS) is 18.1. The van der Waals surface area contributed by atoms with Crippen LogP contribution < -0.4 is 5.32 Å². The van der Waals surface area contributed by atoms with Crippen molar-refractivity contribution >= 4 is 41.7 Å². The highest BCUT2D eigenvalue weighted by molar-refractivity contribution is 14.0. The van der Waals surface area contributed by atoms with Crippen molar-refractivity contribution in [1.29, 1.82) is 0 Å². The Morgan fingerprint density at radius 2 is 2.35 bits per heavy atom. The molecule has 0 bridgehead atoms. The molecule has 1 saturated heterocycles. The molecule has 1 aromatic heterocycles. The maximum absolute atomic E-state index is 4.78. The van der Waals surface area contributed by atoms with Crippen LogP contribution in [-0.2, 0) is 13.5 Å². The summed E-state index contributed by atoms with van der Waals surface area (Å²) in [6.07, 6.45) is 9.79. The molecule has 5 nitrogen and oxygen atoms in total. The summed E-state index contributed by atoms with van der Waals surface area (Å²) >= 11 is 1.89. The Morgan fingerprint density at radius 1 is 1.52 bits per heavy atom. The van der Waals surface area contributed by atoms with Gasteiger partial charge in [0.05, 0.1) is 6.20 Å². The number of aryl methyl sites for hydroxylation is 1. The molecule has 0 saturated carbocycles. The fraction of sp³-hybridized carbons (Fsp3) is 0.750. The number of hydrogen-bond donors (Lipinski definition) is 1. The molecule has 0 aromatic carbocycles. The molecule has 7 heteroatoms. The fourth-order valence-electron chi connectivity index (χ4n) is 2.92. The van der Waals surface area contributed by atoms with Crippen LogP contribution in [-0.4, -0.2) is 58.8 Å². The van der Waals surface area contributed by atoms with E-state index in [2.05, 4.69) is 34.7 Å². The summed E-state index contributed by atoms with van der Waals surface area (Å²) in [5, 5.41) is 7.71. The van der Waals surface area contributed by atoms with Gasteiger partial charge in [-0.05, 0) is 49.7 Å². The third-order valence-corrected chi connectivity index (χ3v) is 4.67. The van der Waals surface area contributed by atoms with E-state index in [1.54, 1.807) is 0 Å². The van der Waals surface area contributed by atoms with Gasteiger partial charge in [0.15, 0.2) is 5.96 Å². The molecule has 2 heterocycles. The second kappa shape index (κ2) is 11.2. The van der Waals surface area contributed by atoms with Crippen molar-refractivity contribution < 1.29 is 0 Å². The van der Waals surface area contributed by atoms with Crippen LogP contribution in [0.1, 0.15) is 25.3 Å². The molecule has 1 fully saturated rings. The maximum atomic E-state index is 4.78. The van der Waals surface area contributed by atoms with Gasteiger partial charge in [-0.2, -0.15) is 16.9 Å². The van der Waals surface area contributed by atoms with Gasteiger partial charge in [0.2, 0.25) is 0 Å². The number of rotatable bonds is 7. The SMILES string of the molecule is CCNC(=NCCCSC)N1CCC(Cc2cnn(C)c2)C1.I. The lowest BCUT2D eigenvalue weighted by molar-refractivity contribution is 0.460. The van der Waals surface area contributed by atoms with E-state index in [0.29, 0.717) is 5.92 Å². The summed E-state index contributed by atoms with van der Waals surface area (Å²) in [6.45, 7) is 6.21. The molecule has 0 spiro atoms. The molecular weight excluding hydrogens is 421 g/mol. The van der Waals surface area contributed by atoms with Gasteiger partial charge in [-0.15, -0.1) is 24.0 Å². The van der Waals surface area contributed by atoms with Crippen molar-refractivity contribution in [3.63, 3.8) is 0 Å². The molecule has 2 rings (SSSR count). The number of halogens is 1. The standard InChI is InChI=1S/C16H29N5S.HI/c1-4-17-16(18-7-5-9-22-3)21-8-6-14(13-21)10-15-11-19-20(2)12-15;/h11-12,14H,4-10,13H2,1-3H3,(H,17,18);1H. The predicted octanol–water partition coefficient (Wildman–Crippen LogP) is 2.62. The Kier molecular flexibility index (Phi) is 10.0. The minimum Gasteiger partial charge on any atom is -0.357 e. The van der Waals surface area contributed by atoms with Crippen molar-refractivity contribution in [2.45, 2.75) is 26.2 Å². The van der Waals surface area contributed by atoms with Gasteiger partial charge < -0.3 is 10.2 Å². The third-order valence-electron chi connectivity index (χ3n) is 3.97. The Labute approximate surface area is 161 Å². The fourth-order valence-corrected chi connectivity index (χ4v) is 3.34. The molecule has 1 aliphatic heterocycles. The second-order valence-corrected chi connectivity index (χ2v) is 6.89. The van der Waals surface area contributed by atoms with Gasteiger partial charge in [0.1, 0.15) is 0 Å². The van der Waals surface area contributed by atoms with Gasteiger partial charge >= 0.3 is 0 Å². The zero-order valence-electron chi connectivity index (χ0n) is 14.5. The van der Waals surface area contributed by atoms with Crippen molar-refractivity contribution in [2.24, 2.45) is 18.0 Å². The number of nitrogens with one attached hydrogen (secondary N) is 1. The average Bonchev–Trinajstić information content (AvgIpc) is 3.12. The smallest absolute Gasteiger partial charge is 0.193 e. The summed E-state index contributed by atoms with van der Waals surface area (Å²) in [5.41, 5.74) is 1.34. The van der Waals surface area contributed by atoms with Gasteiger partial charge in [-0.25, -0.2) is 0 Å². The minimum atomic E-state index is 0. The van der Waals surface area contributed by atoms with Crippen LogP contribution in [0.25, 0.3) is 0 Å². The summed E-state index contributed by atoms with van der Waals surface area (Å²) in [4.78, 5) is 7.20. The van der Waals surface area contributed by atoms with E-state index in [1.807, 2.05) is 29.7 Å². The Balaban J connectivity index is 0.00000264. The van der Waals surface area contributed by atoms with Crippen LogP contribution >= 0.6 is 35.7 Å². The van der Waals surface area contributed by atoms with Crippen molar-refractivity contribution in [2.75, 3.05) is 38.2 Å². The lowest BCUT2D eigenvalue weighted by atomic mass is 10.0. The predicted molar refractivity (Wildman–Crippen MR) is 111 cm³/mol. The molecule has 1 unspecified atom stereocenters. The van der Waals surface area contributed by atoms with E-state index in [4.69, 9.17) is 4.99 Å². The lowest BCUT2D eigenvalue weighted by Crippen LogP contribution is -2.40. The van der Waals surface area contributed by atoms with Gasteiger partial charge in [0.25, 0.3) is 0 Å². The Bertz CT molecular complexity index is 477. The van der Waals surface area contributed by atoms with E-state index in [0.717, 1.165) is 45.0 Å². The first-order chi connectivity index (χ1) is 10.7. The first-order valence-electron chi connectivity index (χ1n) is 8.22. The third kappa shape index (κ3) is 6.91. The summed E-state index contributed by atoms with van der Waals surface area (Å²) < 4.78 is 1.89. The van der Waals surface area contributed by atoms with E-state index in [-0.39, 0.29) is 24.0 Å². The van der Waals surface area contributed by atoms with Crippen molar-refractivity contribution in [3.8, 4) is 0 Å². The first-order valence-corrected chi connectivity index (χ1v) is 9.62. The zero-order chi connectivity index (χ0) is 15.8. The van der Waals surface area contributed by atoms with Crippen molar-refractivity contribution in [1.82, 2.24) is 20.0 Å².